The Morgan fingerprint density at radius 1 is 0.960 bits per heavy atom. The Bertz CT molecular complexity index is 806. The summed E-state index contributed by atoms with van der Waals surface area (Å²) in [4.78, 5) is 24.1. The Morgan fingerprint density at radius 2 is 1.60 bits per heavy atom. The van der Waals surface area contributed by atoms with Gasteiger partial charge in [-0.3, -0.25) is 9.59 Å². The summed E-state index contributed by atoms with van der Waals surface area (Å²) in [7, 11) is 0. The molecule has 2 aromatic carbocycles. The zero-order chi connectivity index (χ0) is 17.9. The molecule has 3 rings (SSSR count). The Hall–Kier alpha value is -2.75. The van der Waals surface area contributed by atoms with Crippen molar-refractivity contribution >= 4 is 17.4 Å². The first-order valence-corrected chi connectivity index (χ1v) is 8.46. The lowest BCUT2D eigenvalue weighted by molar-refractivity contribution is -0.120. The fourth-order valence-corrected chi connectivity index (χ4v) is 3.22. The molecular weight excluding hydrogens is 312 g/mol. The summed E-state index contributed by atoms with van der Waals surface area (Å²) in [6.07, 6.45) is 1.63. The maximum atomic E-state index is 12.3. The Labute approximate surface area is 148 Å². The van der Waals surface area contributed by atoms with Crippen LogP contribution in [0.4, 0.5) is 0 Å². The minimum absolute atomic E-state index is 0.0871. The molecule has 1 aliphatic rings. The summed E-state index contributed by atoms with van der Waals surface area (Å²) in [5.41, 5.74) is 5.96. The van der Waals surface area contributed by atoms with Crippen LogP contribution in [0.2, 0.25) is 0 Å². The second-order valence-electron chi connectivity index (χ2n) is 7.30. The van der Waals surface area contributed by atoms with Crippen LogP contribution in [0.25, 0.3) is 11.1 Å². The Balaban J connectivity index is 1.67. The van der Waals surface area contributed by atoms with Crippen LogP contribution in [0.15, 0.2) is 59.7 Å². The van der Waals surface area contributed by atoms with E-state index in [1.54, 1.807) is 12.1 Å². The topological polar surface area (TPSA) is 58.5 Å². The molecule has 4 heteroatoms. The van der Waals surface area contributed by atoms with E-state index in [1.807, 2.05) is 56.3 Å². The number of rotatable bonds is 3. The number of Topliss-reactive ketones (excluding diaryl/α,β-unsaturated/α-hetero) is 1. The molecule has 0 atom stereocenters. The molecule has 0 heterocycles. The predicted molar refractivity (Wildman–Crippen MR) is 99.4 cm³/mol. The molecule has 1 amide bonds. The lowest BCUT2D eigenvalue weighted by atomic mass is 9.76. The van der Waals surface area contributed by atoms with Crippen molar-refractivity contribution < 1.29 is 9.59 Å². The van der Waals surface area contributed by atoms with Crippen molar-refractivity contribution in [3.63, 3.8) is 0 Å². The van der Waals surface area contributed by atoms with E-state index in [1.165, 1.54) is 0 Å². The normalized spacial score (nSPS) is 18.2. The first-order valence-electron chi connectivity index (χ1n) is 8.46. The number of benzene rings is 2. The van der Waals surface area contributed by atoms with E-state index >= 15 is 0 Å². The lowest BCUT2D eigenvalue weighted by Gasteiger charge is -2.28. The van der Waals surface area contributed by atoms with E-state index < -0.39 is 0 Å². The summed E-state index contributed by atoms with van der Waals surface area (Å²) in [5, 5.41) is 4.18. The van der Waals surface area contributed by atoms with Gasteiger partial charge in [-0.05, 0) is 35.1 Å². The third kappa shape index (κ3) is 4.41. The lowest BCUT2D eigenvalue weighted by Crippen LogP contribution is -2.31. The van der Waals surface area contributed by atoms with Crippen LogP contribution in [-0.2, 0) is 4.79 Å². The standard InChI is InChI=1S/C21H22N2O2/c1-21(2)13-18(12-19(24)14-21)22-23-20(25)17-10-8-16(9-11-17)15-6-4-3-5-7-15/h3-11H,12-14H2,1-2H3,(H,23,25)/b22-18+. The van der Waals surface area contributed by atoms with Crippen LogP contribution in [0.1, 0.15) is 43.5 Å². The first-order chi connectivity index (χ1) is 11.9. The van der Waals surface area contributed by atoms with Crippen LogP contribution in [0.3, 0.4) is 0 Å². The van der Waals surface area contributed by atoms with E-state index in [-0.39, 0.29) is 17.1 Å². The number of hydrazone groups is 1. The molecule has 0 aliphatic heterocycles. The molecule has 4 nitrogen and oxygen atoms in total. The molecule has 1 N–H and O–H groups in total. The smallest absolute Gasteiger partial charge is 0.271 e. The molecule has 0 aromatic heterocycles. The molecule has 0 radical (unpaired) electrons. The zero-order valence-electron chi connectivity index (χ0n) is 14.6. The average molecular weight is 334 g/mol. The van der Waals surface area contributed by atoms with Gasteiger partial charge in [0.2, 0.25) is 0 Å². The summed E-state index contributed by atoms with van der Waals surface area (Å²) >= 11 is 0. The number of nitrogens with one attached hydrogen (secondary N) is 1. The van der Waals surface area contributed by atoms with Crippen LogP contribution in [0.5, 0.6) is 0 Å². The number of ketones is 1. The van der Waals surface area contributed by atoms with Gasteiger partial charge in [-0.25, -0.2) is 5.43 Å². The van der Waals surface area contributed by atoms with E-state index in [0.29, 0.717) is 18.4 Å². The van der Waals surface area contributed by atoms with Crippen LogP contribution < -0.4 is 5.43 Å². The second kappa shape index (κ2) is 7.01. The molecule has 0 bridgehead atoms. The Kier molecular flexibility index (Phi) is 4.79. The molecule has 128 valence electrons. The van der Waals surface area contributed by atoms with E-state index in [0.717, 1.165) is 23.3 Å². The monoisotopic (exact) mass is 334 g/mol. The van der Waals surface area contributed by atoms with Gasteiger partial charge < -0.3 is 0 Å². The fraction of sp³-hybridized carbons (Fsp3) is 0.286. The summed E-state index contributed by atoms with van der Waals surface area (Å²) in [5.74, 6) is -0.0839. The number of carbonyl (C=O) groups excluding carboxylic acids is 2. The van der Waals surface area contributed by atoms with Crippen LogP contribution in [-0.4, -0.2) is 17.4 Å². The number of amides is 1. The minimum Gasteiger partial charge on any atom is -0.299 e. The molecule has 0 saturated heterocycles. The van der Waals surface area contributed by atoms with Gasteiger partial charge in [0.15, 0.2) is 0 Å². The van der Waals surface area contributed by atoms with Crippen LogP contribution >= 0.6 is 0 Å². The van der Waals surface area contributed by atoms with Gasteiger partial charge in [0, 0.05) is 24.1 Å². The summed E-state index contributed by atoms with van der Waals surface area (Å²) < 4.78 is 0. The first kappa shape index (κ1) is 17.1. The van der Waals surface area contributed by atoms with Crippen molar-refractivity contribution in [3.05, 3.63) is 60.2 Å². The van der Waals surface area contributed by atoms with Crippen molar-refractivity contribution in [1.82, 2.24) is 5.43 Å². The summed E-state index contributed by atoms with van der Waals surface area (Å²) in [6, 6.07) is 17.4. The number of hydrogen-bond donors (Lipinski definition) is 1. The molecular formula is C21H22N2O2. The van der Waals surface area contributed by atoms with Gasteiger partial charge in [-0.15, -0.1) is 0 Å². The van der Waals surface area contributed by atoms with E-state index in [9.17, 15) is 9.59 Å². The predicted octanol–water partition coefficient (Wildman–Crippen LogP) is 4.22. The average Bonchev–Trinajstić information content (AvgIpc) is 2.59. The van der Waals surface area contributed by atoms with Crippen molar-refractivity contribution in [2.24, 2.45) is 10.5 Å². The number of nitrogens with zero attached hydrogens (tertiary/aromatic N) is 1. The fourth-order valence-electron chi connectivity index (χ4n) is 3.22. The highest BCUT2D eigenvalue weighted by Gasteiger charge is 2.30. The van der Waals surface area contributed by atoms with Gasteiger partial charge in [0.25, 0.3) is 5.91 Å². The van der Waals surface area contributed by atoms with Gasteiger partial charge in [0.05, 0.1) is 0 Å². The third-order valence-electron chi connectivity index (χ3n) is 4.33. The van der Waals surface area contributed by atoms with Crippen molar-refractivity contribution in [2.75, 3.05) is 0 Å². The SMILES string of the molecule is CC1(C)CC(=O)C/C(=N\NC(=O)c2ccc(-c3ccccc3)cc2)C1. The van der Waals surface area contributed by atoms with E-state index in [2.05, 4.69) is 10.5 Å². The van der Waals surface area contributed by atoms with Gasteiger partial charge in [-0.2, -0.15) is 5.10 Å². The minimum atomic E-state index is -0.261. The highest BCUT2D eigenvalue weighted by atomic mass is 16.2. The van der Waals surface area contributed by atoms with Crippen LogP contribution in [0, 0.1) is 5.41 Å². The number of hydrogen-bond acceptors (Lipinski definition) is 3. The summed E-state index contributed by atoms with van der Waals surface area (Å²) in [6.45, 7) is 4.09. The largest absolute Gasteiger partial charge is 0.299 e. The molecule has 25 heavy (non-hydrogen) atoms. The van der Waals surface area contributed by atoms with Crippen molar-refractivity contribution in [3.8, 4) is 11.1 Å². The Morgan fingerprint density at radius 3 is 2.24 bits per heavy atom. The zero-order valence-corrected chi connectivity index (χ0v) is 14.6. The van der Waals surface area contributed by atoms with Gasteiger partial charge in [-0.1, -0.05) is 56.3 Å². The number of carbonyl (C=O) groups is 2. The maximum absolute atomic E-state index is 12.3. The van der Waals surface area contributed by atoms with Crippen molar-refractivity contribution in [1.29, 1.82) is 0 Å². The quantitative estimate of drug-likeness (QED) is 0.855. The van der Waals surface area contributed by atoms with Crippen molar-refractivity contribution in [2.45, 2.75) is 33.1 Å². The maximum Gasteiger partial charge on any atom is 0.271 e. The second-order valence-corrected chi connectivity index (χ2v) is 7.30. The van der Waals surface area contributed by atoms with Gasteiger partial charge >= 0.3 is 0 Å². The molecule has 1 aliphatic carbocycles. The molecule has 1 saturated carbocycles. The van der Waals surface area contributed by atoms with Gasteiger partial charge in [0.1, 0.15) is 5.78 Å². The third-order valence-corrected chi connectivity index (χ3v) is 4.33. The molecule has 0 unspecified atom stereocenters. The van der Waals surface area contributed by atoms with E-state index in [4.69, 9.17) is 0 Å². The highest BCUT2D eigenvalue weighted by Crippen LogP contribution is 2.31. The molecule has 0 spiro atoms. The molecule has 2 aromatic rings. The highest BCUT2D eigenvalue weighted by molar-refractivity contribution is 6.05. The molecule has 1 fully saturated rings.